The molecule has 0 amide bonds. The monoisotopic (exact) mass is 242 g/mol. The zero-order valence-corrected chi connectivity index (χ0v) is 11.4. The van der Waals surface area contributed by atoms with E-state index < -0.39 is 0 Å². The van der Waals surface area contributed by atoms with Gasteiger partial charge in [0.25, 0.3) is 0 Å². The molecule has 1 heterocycles. The Balaban J connectivity index is 1.67. The molecule has 2 nitrogen and oxygen atoms in total. The quantitative estimate of drug-likeness (QED) is 0.657. The van der Waals surface area contributed by atoms with Crippen LogP contribution in [0.5, 0.6) is 0 Å². The molecule has 0 radical (unpaired) electrons. The van der Waals surface area contributed by atoms with E-state index in [1.807, 2.05) is 0 Å². The fraction of sp³-hybridized carbons (Fsp3) is 1.00. The van der Waals surface area contributed by atoms with Crippen molar-refractivity contribution in [2.75, 3.05) is 37.7 Å². The predicted octanol–water partition coefficient (Wildman–Crippen LogP) is 2.20. The minimum atomic E-state index is 0.783. The summed E-state index contributed by atoms with van der Waals surface area (Å²) in [4.78, 5) is 2.71. The fourth-order valence-corrected chi connectivity index (χ4v) is 3.16. The maximum atomic E-state index is 3.62. The number of rotatable bonds is 8. The standard InChI is InChI=1S/C13H26N2S/c1-2-16-9-8-15(10-12-5-6-12)11-13-4-3-7-14-13/h12-14H,2-11H2,1H3. The van der Waals surface area contributed by atoms with Crippen LogP contribution in [0.2, 0.25) is 0 Å². The van der Waals surface area contributed by atoms with E-state index in [9.17, 15) is 0 Å². The zero-order chi connectivity index (χ0) is 11.2. The van der Waals surface area contributed by atoms with Crippen molar-refractivity contribution in [1.29, 1.82) is 0 Å². The zero-order valence-electron chi connectivity index (χ0n) is 10.6. The Hall–Kier alpha value is 0.270. The summed E-state index contributed by atoms with van der Waals surface area (Å²) in [5.41, 5.74) is 0. The van der Waals surface area contributed by atoms with Gasteiger partial charge in [-0.3, -0.25) is 0 Å². The van der Waals surface area contributed by atoms with Crippen molar-refractivity contribution in [3.05, 3.63) is 0 Å². The van der Waals surface area contributed by atoms with E-state index in [0.717, 1.165) is 12.0 Å². The lowest BCUT2D eigenvalue weighted by molar-refractivity contribution is 0.253. The molecule has 2 fully saturated rings. The highest BCUT2D eigenvalue weighted by molar-refractivity contribution is 7.99. The van der Waals surface area contributed by atoms with Gasteiger partial charge < -0.3 is 10.2 Å². The van der Waals surface area contributed by atoms with Gasteiger partial charge in [-0.05, 0) is 43.9 Å². The van der Waals surface area contributed by atoms with Crippen LogP contribution in [0, 0.1) is 5.92 Å². The molecule has 1 saturated heterocycles. The summed E-state index contributed by atoms with van der Waals surface area (Å²) in [6, 6.07) is 0.783. The molecule has 16 heavy (non-hydrogen) atoms. The maximum Gasteiger partial charge on any atom is 0.0195 e. The molecule has 1 aliphatic carbocycles. The smallest absolute Gasteiger partial charge is 0.0195 e. The highest BCUT2D eigenvalue weighted by atomic mass is 32.2. The second-order valence-corrected chi connectivity index (χ2v) is 6.59. The third-order valence-corrected chi connectivity index (χ3v) is 4.49. The fourth-order valence-electron chi connectivity index (χ4n) is 2.48. The Bertz CT molecular complexity index is 188. The van der Waals surface area contributed by atoms with Crippen LogP contribution in [0.4, 0.5) is 0 Å². The first-order valence-electron chi connectivity index (χ1n) is 6.92. The number of thioether (sulfide) groups is 1. The van der Waals surface area contributed by atoms with Crippen LogP contribution in [0.25, 0.3) is 0 Å². The molecule has 2 aliphatic rings. The van der Waals surface area contributed by atoms with Gasteiger partial charge in [-0.1, -0.05) is 6.92 Å². The molecule has 1 saturated carbocycles. The minimum absolute atomic E-state index is 0.783. The summed E-state index contributed by atoms with van der Waals surface area (Å²) in [6.07, 6.45) is 5.73. The Morgan fingerprint density at radius 1 is 1.25 bits per heavy atom. The van der Waals surface area contributed by atoms with E-state index in [1.54, 1.807) is 0 Å². The second kappa shape index (κ2) is 6.87. The lowest BCUT2D eigenvalue weighted by atomic mass is 10.2. The molecule has 0 aromatic heterocycles. The molecule has 0 spiro atoms. The molecule has 2 rings (SSSR count). The first-order chi connectivity index (χ1) is 7.88. The molecule has 94 valence electrons. The van der Waals surface area contributed by atoms with Crippen LogP contribution in [0.3, 0.4) is 0 Å². The van der Waals surface area contributed by atoms with Gasteiger partial charge in [0.2, 0.25) is 0 Å². The van der Waals surface area contributed by atoms with Crippen LogP contribution in [0.1, 0.15) is 32.6 Å². The summed E-state index contributed by atoms with van der Waals surface area (Å²) in [5, 5.41) is 3.62. The normalized spacial score (nSPS) is 25.5. The number of hydrogen-bond donors (Lipinski definition) is 1. The van der Waals surface area contributed by atoms with Crippen molar-refractivity contribution in [2.24, 2.45) is 5.92 Å². The number of nitrogens with one attached hydrogen (secondary N) is 1. The summed E-state index contributed by atoms with van der Waals surface area (Å²) in [7, 11) is 0. The van der Waals surface area contributed by atoms with E-state index in [4.69, 9.17) is 0 Å². The van der Waals surface area contributed by atoms with Crippen LogP contribution in [-0.4, -0.2) is 48.6 Å². The van der Waals surface area contributed by atoms with Crippen molar-refractivity contribution in [3.8, 4) is 0 Å². The first kappa shape index (κ1) is 12.7. The van der Waals surface area contributed by atoms with Gasteiger partial charge in [-0.25, -0.2) is 0 Å². The molecule has 0 bridgehead atoms. The van der Waals surface area contributed by atoms with Crippen molar-refractivity contribution in [1.82, 2.24) is 10.2 Å². The summed E-state index contributed by atoms with van der Waals surface area (Å²) >= 11 is 2.08. The molecule has 0 aromatic rings. The number of hydrogen-bond acceptors (Lipinski definition) is 3. The molecule has 0 aromatic carbocycles. The maximum absolute atomic E-state index is 3.62. The highest BCUT2D eigenvalue weighted by Crippen LogP contribution is 2.30. The second-order valence-electron chi connectivity index (χ2n) is 5.19. The van der Waals surface area contributed by atoms with Gasteiger partial charge in [-0.15, -0.1) is 0 Å². The molecule has 1 unspecified atom stereocenters. The van der Waals surface area contributed by atoms with Gasteiger partial charge >= 0.3 is 0 Å². The topological polar surface area (TPSA) is 15.3 Å². The highest BCUT2D eigenvalue weighted by Gasteiger charge is 2.26. The summed E-state index contributed by atoms with van der Waals surface area (Å²) in [5.74, 6) is 3.61. The average molecular weight is 242 g/mol. The minimum Gasteiger partial charge on any atom is -0.313 e. The summed E-state index contributed by atoms with van der Waals surface area (Å²) in [6.45, 7) is 7.45. The van der Waals surface area contributed by atoms with Crippen molar-refractivity contribution in [2.45, 2.75) is 38.6 Å². The molecular formula is C13H26N2S. The SMILES string of the molecule is CCSCCN(CC1CC1)CC1CCCN1. The first-order valence-corrected chi connectivity index (χ1v) is 8.07. The third-order valence-electron chi connectivity index (χ3n) is 3.61. The molecular weight excluding hydrogens is 216 g/mol. The van der Waals surface area contributed by atoms with E-state index in [1.165, 1.54) is 63.4 Å². The van der Waals surface area contributed by atoms with Crippen molar-refractivity contribution >= 4 is 11.8 Å². The van der Waals surface area contributed by atoms with E-state index in [-0.39, 0.29) is 0 Å². The van der Waals surface area contributed by atoms with Crippen LogP contribution >= 0.6 is 11.8 Å². The van der Waals surface area contributed by atoms with E-state index in [2.05, 4.69) is 28.9 Å². The molecule has 1 aliphatic heterocycles. The van der Waals surface area contributed by atoms with Crippen LogP contribution in [-0.2, 0) is 0 Å². The number of nitrogens with zero attached hydrogens (tertiary/aromatic N) is 1. The van der Waals surface area contributed by atoms with Gasteiger partial charge in [-0.2, -0.15) is 11.8 Å². The predicted molar refractivity (Wildman–Crippen MR) is 73.2 cm³/mol. The molecule has 1 N–H and O–H groups in total. The van der Waals surface area contributed by atoms with E-state index in [0.29, 0.717) is 0 Å². The van der Waals surface area contributed by atoms with Gasteiger partial charge in [0.05, 0.1) is 0 Å². The van der Waals surface area contributed by atoms with Gasteiger partial charge in [0, 0.05) is 31.4 Å². The van der Waals surface area contributed by atoms with Gasteiger partial charge in [0.15, 0.2) is 0 Å². The summed E-state index contributed by atoms with van der Waals surface area (Å²) < 4.78 is 0. The molecule has 1 atom stereocenters. The van der Waals surface area contributed by atoms with Crippen LogP contribution in [0.15, 0.2) is 0 Å². The lowest BCUT2D eigenvalue weighted by Gasteiger charge is -2.25. The molecule has 3 heteroatoms. The Kier molecular flexibility index (Phi) is 5.46. The Labute approximate surface area is 105 Å². The largest absolute Gasteiger partial charge is 0.313 e. The van der Waals surface area contributed by atoms with E-state index >= 15 is 0 Å². The lowest BCUT2D eigenvalue weighted by Crippen LogP contribution is -2.39. The average Bonchev–Trinajstić information content (AvgIpc) is 2.93. The van der Waals surface area contributed by atoms with Crippen molar-refractivity contribution in [3.63, 3.8) is 0 Å². The van der Waals surface area contributed by atoms with Gasteiger partial charge in [0.1, 0.15) is 0 Å². The Morgan fingerprint density at radius 2 is 2.12 bits per heavy atom. The van der Waals surface area contributed by atoms with Crippen molar-refractivity contribution < 1.29 is 0 Å². The van der Waals surface area contributed by atoms with Crippen LogP contribution < -0.4 is 5.32 Å². The third kappa shape index (κ3) is 4.64. The Morgan fingerprint density at radius 3 is 2.75 bits per heavy atom.